The van der Waals surface area contributed by atoms with E-state index in [0.717, 1.165) is 12.2 Å². The van der Waals surface area contributed by atoms with Crippen molar-refractivity contribution >= 4 is 5.97 Å². The first-order chi connectivity index (χ1) is 3.27. The van der Waals surface area contributed by atoms with Crippen LogP contribution in [-0.2, 0) is 4.79 Å². The molecular weight excluding hydrogens is 94.0 g/mol. The first-order valence-corrected chi connectivity index (χ1v) is 1.56. The summed E-state index contributed by atoms with van der Waals surface area (Å²) in [4.78, 5) is 9.52. The van der Waals surface area contributed by atoms with Crippen LogP contribution < -0.4 is 0 Å². The van der Waals surface area contributed by atoms with Crippen LogP contribution in [0.25, 0.3) is 0 Å². The Morgan fingerprint density at radius 3 is 2.57 bits per heavy atom. The Bertz CT molecular complexity index is 131. The average molecular weight is 97.1 g/mol. The first-order valence-electron chi connectivity index (χ1n) is 1.56. The van der Waals surface area contributed by atoms with Gasteiger partial charge in [0.25, 0.3) is 0 Å². The Balaban J connectivity index is 3.53. The molecule has 7 heavy (non-hydrogen) atoms. The van der Waals surface area contributed by atoms with Gasteiger partial charge in [-0.3, -0.25) is 0 Å². The predicted octanol–water partition coefficient (Wildman–Crippen LogP) is 0.151. The van der Waals surface area contributed by atoms with Gasteiger partial charge in [0.2, 0.25) is 0 Å². The lowest BCUT2D eigenvalue weighted by Gasteiger charge is -1.67. The summed E-state index contributed by atoms with van der Waals surface area (Å²) < 4.78 is 0. The highest BCUT2D eigenvalue weighted by atomic mass is 16.4. The minimum atomic E-state index is -1.10. The minimum absolute atomic E-state index is 0.778. The summed E-state index contributed by atoms with van der Waals surface area (Å²) in [5.41, 5.74) is 0. The van der Waals surface area contributed by atoms with Gasteiger partial charge in [-0.25, -0.2) is 4.79 Å². The lowest BCUT2D eigenvalue weighted by molar-refractivity contribution is -0.131. The van der Waals surface area contributed by atoms with E-state index in [1.165, 1.54) is 6.07 Å². The number of carboxylic acids is 1. The molecule has 0 aromatic heterocycles. The van der Waals surface area contributed by atoms with Crippen molar-refractivity contribution in [2.75, 3.05) is 0 Å². The van der Waals surface area contributed by atoms with Gasteiger partial charge in [-0.1, -0.05) is 0 Å². The van der Waals surface area contributed by atoms with Crippen molar-refractivity contribution < 1.29 is 9.90 Å². The molecule has 36 valence electrons. The van der Waals surface area contributed by atoms with Crippen molar-refractivity contribution in [1.29, 1.82) is 5.26 Å². The zero-order chi connectivity index (χ0) is 5.70. The molecule has 0 aromatic carbocycles. The van der Waals surface area contributed by atoms with E-state index in [1.54, 1.807) is 0 Å². The smallest absolute Gasteiger partial charge is 0.329 e. The quantitative estimate of drug-likeness (QED) is 0.374. The van der Waals surface area contributed by atoms with Crippen molar-refractivity contribution in [2.45, 2.75) is 0 Å². The summed E-state index contributed by atoms with van der Waals surface area (Å²) >= 11 is 0. The number of hydrogen-bond donors (Lipinski definition) is 1. The Kier molecular flexibility index (Phi) is 2.37. The van der Waals surface area contributed by atoms with E-state index in [-0.39, 0.29) is 0 Å². The molecule has 0 atom stereocenters. The maximum atomic E-state index is 9.52. The highest BCUT2D eigenvalue weighted by Crippen LogP contribution is 1.66. The van der Waals surface area contributed by atoms with Gasteiger partial charge in [-0.2, -0.15) is 5.26 Å². The number of nitrogens with zero attached hydrogens (tertiary/aromatic N) is 1. The molecule has 0 spiro atoms. The number of allylic oxidation sites excluding steroid dienone is 1. The molecule has 0 aromatic rings. The standard InChI is InChI=1S/C4H3NO2/c5-3-1-2-4(6)7/h1-2H,(H,6,7)/b2-1-. The molecule has 0 aliphatic rings. The molecule has 0 fully saturated rings. The number of hydrogen-bond acceptors (Lipinski definition) is 2. The Morgan fingerprint density at radius 1 is 1.86 bits per heavy atom. The molecule has 0 amide bonds. The second-order valence-electron chi connectivity index (χ2n) is 0.801. The van der Waals surface area contributed by atoms with Crippen LogP contribution in [0.1, 0.15) is 0 Å². The van der Waals surface area contributed by atoms with E-state index in [9.17, 15) is 4.79 Å². The lowest BCUT2D eigenvalue weighted by atomic mass is 10.5. The molecule has 3 heteroatoms. The Labute approximate surface area is 40.5 Å². The molecule has 1 N–H and O–H groups in total. The summed E-state index contributed by atoms with van der Waals surface area (Å²) in [5.74, 6) is -1.10. The summed E-state index contributed by atoms with van der Waals surface area (Å²) in [5, 5.41) is 15.5. The van der Waals surface area contributed by atoms with Gasteiger partial charge in [-0.15, -0.1) is 0 Å². The van der Waals surface area contributed by atoms with Crippen LogP contribution in [0.4, 0.5) is 0 Å². The van der Waals surface area contributed by atoms with Crippen LogP contribution >= 0.6 is 0 Å². The molecule has 3 nitrogen and oxygen atoms in total. The third kappa shape index (κ3) is 4.70. The van der Waals surface area contributed by atoms with E-state index < -0.39 is 5.97 Å². The van der Waals surface area contributed by atoms with Crippen LogP contribution in [0.3, 0.4) is 0 Å². The summed E-state index contributed by atoms with van der Waals surface area (Å²) in [7, 11) is 0. The Morgan fingerprint density at radius 2 is 2.43 bits per heavy atom. The van der Waals surface area contributed by atoms with Crippen molar-refractivity contribution in [3.05, 3.63) is 12.2 Å². The van der Waals surface area contributed by atoms with Gasteiger partial charge in [0.05, 0.1) is 6.07 Å². The Hall–Kier alpha value is -1.30. The molecule has 0 bridgehead atoms. The molecule has 0 saturated heterocycles. The van der Waals surface area contributed by atoms with Gasteiger partial charge in [0.15, 0.2) is 0 Å². The largest absolute Gasteiger partial charge is 0.478 e. The van der Waals surface area contributed by atoms with Gasteiger partial charge in [0, 0.05) is 12.2 Å². The third-order valence-electron chi connectivity index (χ3n) is 0.300. The predicted molar refractivity (Wildman–Crippen MR) is 22.4 cm³/mol. The molecule has 0 aliphatic heterocycles. The van der Waals surface area contributed by atoms with Crippen LogP contribution in [0, 0.1) is 11.3 Å². The summed E-state index contributed by atoms with van der Waals surface area (Å²) in [6.07, 6.45) is 1.68. The van der Waals surface area contributed by atoms with E-state index in [4.69, 9.17) is 10.4 Å². The molecule has 0 heterocycles. The number of carboxylic acid groups (broad SMARTS) is 1. The summed E-state index contributed by atoms with van der Waals surface area (Å²) in [6, 6.07) is 1.54. The number of rotatable bonds is 1. The average Bonchev–Trinajstić information content (AvgIpc) is 1.61. The SMILES string of the molecule is N#C/C=C\C(=O)O. The van der Waals surface area contributed by atoms with E-state index in [0.29, 0.717) is 0 Å². The van der Waals surface area contributed by atoms with Crippen LogP contribution in [0.5, 0.6) is 0 Å². The number of nitriles is 1. The highest BCUT2D eigenvalue weighted by molar-refractivity contribution is 5.80. The zero-order valence-electron chi connectivity index (χ0n) is 3.46. The van der Waals surface area contributed by atoms with E-state index in [2.05, 4.69) is 0 Å². The van der Waals surface area contributed by atoms with Crippen LogP contribution in [0.15, 0.2) is 12.2 Å². The number of aliphatic carboxylic acids is 1. The molecule has 0 unspecified atom stereocenters. The summed E-state index contributed by atoms with van der Waals surface area (Å²) in [6.45, 7) is 0. The molecule has 0 aliphatic carbocycles. The van der Waals surface area contributed by atoms with Crippen molar-refractivity contribution in [3.63, 3.8) is 0 Å². The van der Waals surface area contributed by atoms with Crippen molar-refractivity contribution in [3.8, 4) is 6.07 Å². The molecule has 0 saturated carbocycles. The maximum Gasteiger partial charge on any atom is 0.329 e. The second kappa shape index (κ2) is 2.91. The maximum absolute atomic E-state index is 9.52. The molecular formula is C4H3NO2. The van der Waals surface area contributed by atoms with Gasteiger partial charge >= 0.3 is 5.97 Å². The second-order valence-corrected chi connectivity index (χ2v) is 0.801. The van der Waals surface area contributed by atoms with Gasteiger partial charge < -0.3 is 5.11 Å². The van der Waals surface area contributed by atoms with Crippen LogP contribution in [-0.4, -0.2) is 11.1 Å². The lowest BCUT2D eigenvalue weighted by Crippen LogP contribution is -1.83. The fourth-order valence-electron chi connectivity index (χ4n) is 0.109. The minimum Gasteiger partial charge on any atom is -0.478 e. The van der Waals surface area contributed by atoms with E-state index in [1.807, 2.05) is 0 Å². The van der Waals surface area contributed by atoms with Crippen molar-refractivity contribution in [2.24, 2.45) is 0 Å². The first kappa shape index (κ1) is 5.70. The number of carbonyl (C=O) groups is 1. The normalized spacial score (nSPS) is 8.43. The van der Waals surface area contributed by atoms with Gasteiger partial charge in [0.1, 0.15) is 0 Å². The fraction of sp³-hybridized carbons (Fsp3) is 0. The monoisotopic (exact) mass is 97.0 g/mol. The van der Waals surface area contributed by atoms with Crippen molar-refractivity contribution in [1.82, 2.24) is 0 Å². The molecule has 0 radical (unpaired) electrons. The highest BCUT2D eigenvalue weighted by Gasteiger charge is 1.79. The zero-order valence-corrected chi connectivity index (χ0v) is 3.46. The topological polar surface area (TPSA) is 61.1 Å². The fourth-order valence-corrected chi connectivity index (χ4v) is 0.109. The molecule has 0 rings (SSSR count). The van der Waals surface area contributed by atoms with E-state index >= 15 is 0 Å². The van der Waals surface area contributed by atoms with Crippen LogP contribution in [0.2, 0.25) is 0 Å². The third-order valence-corrected chi connectivity index (χ3v) is 0.300. The van der Waals surface area contributed by atoms with Gasteiger partial charge in [-0.05, 0) is 0 Å².